The molecule has 1 fully saturated rings. The second-order valence-corrected chi connectivity index (χ2v) is 7.98. The Morgan fingerprint density at radius 3 is 2.69 bits per heavy atom. The van der Waals surface area contributed by atoms with E-state index in [1.54, 1.807) is 24.3 Å². The minimum atomic E-state index is -0.542. The average Bonchev–Trinajstić information content (AvgIpc) is 3.02. The Bertz CT molecular complexity index is 1150. The summed E-state index contributed by atoms with van der Waals surface area (Å²) in [6, 6.07) is 12.5. The minimum Gasteiger partial charge on any atom is -0.493 e. The molecule has 0 saturated carbocycles. The maximum Gasteiger partial charge on any atom is 0.294 e. The first-order valence-corrected chi connectivity index (χ1v) is 10.4. The molecule has 1 heterocycles. The van der Waals surface area contributed by atoms with E-state index in [4.69, 9.17) is 14.7 Å². The van der Waals surface area contributed by atoms with Crippen LogP contribution in [0.2, 0.25) is 0 Å². The summed E-state index contributed by atoms with van der Waals surface area (Å²) in [4.78, 5) is 38.7. The van der Waals surface area contributed by atoms with Crippen molar-refractivity contribution in [3.05, 3.63) is 58.0 Å². The molecular formula is C23H21N3O5S. The van der Waals surface area contributed by atoms with Crippen LogP contribution in [0.3, 0.4) is 0 Å². The number of carbonyl (C=O) groups excluding carboxylic acids is 3. The van der Waals surface area contributed by atoms with Gasteiger partial charge in [-0.25, -0.2) is 0 Å². The summed E-state index contributed by atoms with van der Waals surface area (Å²) < 4.78 is 10.5. The molecule has 0 aromatic heterocycles. The van der Waals surface area contributed by atoms with Crippen LogP contribution in [0.1, 0.15) is 16.7 Å². The highest BCUT2D eigenvalue weighted by molar-refractivity contribution is 8.18. The number of anilines is 1. The molecule has 2 aromatic carbocycles. The van der Waals surface area contributed by atoms with Crippen molar-refractivity contribution in [1.29, 1.82) is 5.26 Å². The number of ether oxygens (including phenoxy) is 2. The van der Waals surface area contributed by atoms with E-state index in [9.17, 15) is 14.4 Å². The van der Waals surface area contributed by atoms with Gasteiger partial charge < -0.3 is 14.8 Å². The molecular weight excluding hydrogens is 430 g/mol. The van der Waals surface area contributed by atoms with Crippen LogP contribution in [-0.2, 0) is 9.59 Å². The zero-order chi connectivity index (χ0) is 23.3. The molecule has 8 nitrogen and oxygen atoms in total. The molecule has 32 heavy (non-hydrogen) atoms. The standard InChI is InChI=1S/C23H21N3O5S/c1-14-4-5-15(2)17(10-14)25-21(27)13-26-22(28)20(32-23(26)29)12-16-6-7-18(31-9-8-24)19(11-16)30-3/h4-7,10-12H,9,13H2,1-3H3,(H,25,27)/b20-12-. The Morgan fingerprint density at radius 1 is 1.19 bits per heavy atom. The summed E-state index contributed by atoms with van der Waals surface area (Å²) in [6.07, 6.45) is 1.55. The van der Waals surface area contributed by atoms with Gasteiger partial charge in [-0.2, -0.15) is 5.26 Å². The van der Waals surface area contributed by atoms with Crippen molar-refractivity contribution in [2.24, 2.45) is 0 Å². The van der Waals surface area contributed by atoms with Crippen molar-refractivity contribution in [3.8, 4) is 17.6 Å². The van der Waals surface area contributed by atoms with E-state index in [1.807, 2.05) is 38.1 Å². The van der Waals surface area contributed by atoms with Crippen molar-refractivity contribution >= 4 is 40.6 Å². The van der Waals surface area contributed by atoms with Gasteiger partial charge >= 0.3 is 0 Å². The monoisotopic (exact) mass is 451 g/mol. The maximum atomic E-state index is 12.7. The third kappa shape index (κ3) is 5.28. The Kier molecular flexibility index (Phi) is 7.18. The first-order valence-electron chi connectivity index (χ1n) is 9.62. The second-order valence-electron chi connectivity index (χ2n) is 6.99. The molecule has 1 aliphatic rings. The van der Waals surface area contributed by atoms with Crippen LogP contribution in [0.4, 0.5) is 10.5 Å². The molecule has 3 amide bonds. The van der Waals surface area contributed by atoms with Crippen molar-refractivity contribution in [3.63, 3.8) is 0 Å². The van der Waals surface area contributed by atoms with Crippen molar-refractivity contribution in [1.82, 2.24) is 4.90 Å². The highest BCUT2D eigenvalue weighted by Crippen LogP contribution is 2.34. The highest BCUT2D eigenvalue weighted by Gasteiger charge is 2.36. The molecule has 2 aromatic rings. The first-order chi connectivity index (χ1) is 15.3. The van der Waals surface area contributed by atoms with E-state index in [1.165, 1.54) is 7.11 Å². The van der Waals surface area contributed by atoms with E-state index < -0.39 is 17.1 Å². The molecule has 0 aliphatic carbocycles. The summed E-state index contributed by atoms with van der Waals surface area (Å²) in [5, 5.41) is 10.9. The van der Waals surface area contributed by atoms with E-state index in [0.29, 0.717) is 22.7 Å². The molecule has 0 spiro atoms. The third-order valence-electron chi connectivity index (χ3n) is 4.62. The molecule has 0 atom stereocenters. The van der Waals surface area contributed by atoms with Gasteiger partial charge in [0.15, 0.2) is 18.1 Å². The van der Waals surface area contributed by atoms with Gasteiger partial charge in [0.2, 0.25) is 5.91 Å². The van der Waals surface area contributed by atoms with Crippen molar-refractivity contribution in [2.45, 2.75) is 13.8 Å². The number of rotatable bonds is 7. The number of nitriles is 1. The van der Waals surface area contributed by atoms with Crippen LogP contribution in [0, 0.1) is 25.2 Å². The summed E-state index contributed by atoms with van der Waals surface area (Å²) in [7, 11) is 1.46. The van der Waals surface area contributed by atoms with Crippen LogP contribution >= 0.6 is 11.8 Å². The van der Waals surface area contributed by atoms with Gasteiger partial charge in [-0.05, 0) is 66.6 Å². The van der Waals surface area contributed by atoms with Gasteiger partial charge in [0, 0.05) is 5.69 Å². The van der Waals surface area contributed by atoms with Gasteiger partial charge in [-0.3, -0.25) is 19.3 Å². The number of hydrogen-bond acceptors (Lipinski definition) is 7. The number of methoxy groups -OCH3 is 1. The molecule has 1 saturated heterocycles. The lowest BCUT2D eigenvalue weighted by molar-refractivity contribution is -0.127. The van der Waals surface area contributed by atoms with E-state index in [2.05, 4.69) is 5.32 Å². The molecule has 1 aliphatic heterocycles. The minimum absolute atomic E-state index is 0.126. The third-order valence-corrected chi connectivity index (χ3v) is 5.53. The fraction of sp³-hybridized carbons (Fsp3) is 0.217. The number of thioether (sulfide) groups is 1. The van der Waals surface area contributed by atoms with Crippen LogP contribution in [0.5, 0.6) is 11.5 Å². The fourth-order valence-corrected chi connectivity index (χ4v) is 3.83. The Labute approximate surface area is 189 Å². The number of imide groups is 1. The van der Waals surface area contributed by atoms with Crippen LogP contribution in [-0.4, -0.2) is 42.2 Å². The highest BCUT2D eigenvalue weighted by atomic mass is 32.2. The molecule has 0 radical (unpaired) electrons. The van der Waals surface area contributed by atoms with E-state index in [0.717, 1.165) is 27.8 Å². The van der Waals surface area contributed by atoms with Gasteiger partial charge in [-0.15, -0.1) is 0 Å². The summed E-state index contributed by atoms with van der Waals surface area (Å²) in [5.41, 5.74) is 3.12. The number of carbonyl (C=O) groups is 3. The lowest BCUT2D eigenvalue weighted by Crippen LogP contribution is -2.36. The van der Waals surface area contributed by atoms with Crippen molar-refractivity contribution < 1.29 is 23.9 Å². The number of benzene rings is 2. The van der Waals surface area contributed by atoms with Gasteiger partial charge in [0.25, 0.3) is 11.1 Å². The molecule has 1 N–H and O–H groups in total. The van der Waals surface area contributed by atoms with Gasteiger partial charge in [0.1, 0.15) is 12.6 Å². The lowest BCUT2D eigenvalue weighted by Gasteiger charge is -2.14. The van der Waals surface area contributed by atoms with Crippen LogP contribution in [0.25, 0.3) is 6.08 Å². The van der Waals surface area contributed by atoms with E-state index >= 15 is 0 Å². The van der Waals surface area contributed by atoms with Gasteiger partial charge in [-0.1, -0.05) is 18.2 Å². The molecule has 0 bridgehead atoms. The number of nitrogens with one attached hydrogen (secondary N) is 1. The lowest BCUT2D eigenvalue weighted by atomic mass is 10.1. The SMILES string of the molecule is COc1cc(/C=C2\SC(=O)N(CC(=O)Nc3cc(C)ccc3C)C2=O)ccc1OCC#N. The average molecular weight is 452 g/mol. The molecule has 0 unspecified atom stereocenters. The number of hydrogen-bond donors (Lipinski definition) is 1. The quantitative estimate of drug-likeness (QED) is 0.636. The normalized spacial score (nSPS) is 14.4. The van der Waals surface area contributed by atoms with Crippen LogP contribution < -0.4 is 14.8 Å². The van der Waals surface area contributed by atoms with Crippen molar-refractivity contribution in [2.75, 3.05) is 25.6 Å². The van der Waals surface area contributed by atoms with Crippen LogP contribution in [0.15, 0.2) is 41.3 Å². The largest absolute Gasteiger partial charge is 0.493 e. The zero-order valence-corrected chi connectivity index (χ0v) is 18.6. The first kappa shape index (κ1) is 22.9. The Morgan fingerprint density at radius 2 is 1.97 bits per heavy atom. The predicted molar refractivity (Wildman–Crippen MR) is 121 cm³/mol. The predicted octanol–water partition coefficient (Wildman–Crippen LogP) is 3.89. The molecule has 3 rings (SSSR count). The fourth-order valence-electron chi connectivity index (χ4n) is 2.99. The Hall–Kier alpha value is -3.77. The summed E-state index contributed by atoms with van der Waals surface area (Å²) >= 11 is 0.765. The number of aryl methyl sites for hydroxylation is 2. The topological polar surface area (TPSA) is 109 Å². The smallest absolute Gasteiger partial charge is 0.294 e. The second kappa shape index (κ2) is 10.0. The molecule has 9 heteroatoms. The number of amides is 3. The summed E-state index contributed by atoms with van der Waals surface area (Å²) in [5.74, 6) is -0.216. The maximum absolute atomic E-state index is 12.7. The summed E-state index contributed by atoms with van der Waals surface area (Å²) in [6.45, 7) is 3.27. The number of nitrogens with zero attached hydrogens (tertiary/aromatic N) is 2. The van der Waals surface area contributed by atoms with Gasteiger partial charge in [0.05, 0.1) is 12.0 Å². The Balaban J connectivity index is 1.72. The van der Waals surface area contributed by atoms with E-state index in [-0.39, 0.29) is 18.1 Å². The molecule has 164 valence electrons. The zero-order valence-electron chi connectivity index (χ0n) is 17.8.